The third-order valence-corrected chi connectivity index (χ3v) is 2.44. The van der Waals surface area contributed by atoms with Crippen LogP contribution >= 0.6 is 0 Å². The van der Waals surface area contributed by atoms with Gasteiger partial charge in [0.15, 0.2) is 0 Å². The fraction of sp³-hybridized carbons (Fsp3) is 0.923. The van der Waals surface area contributed by atoms with E-state index < -0.39 is 0 Å². The SMILES string of the molecule is CC(C)CNC(=O)C(C)C.CN1CCOCC1. The molecule has 0 aliphatic carbocycles. The molecule has 1 saturated heterocycles. The van der Waals surface area contributed by atoms with E-state index in [-0.39, 0.29) is 11.8 Å². The molecule has 1 N–H and O–H groups in total. The van der Waals surface area contributed by atoms with E-state index in [2.05, 4.69) is 31.1 Å². The average molecular weight is 244 g/mol. The Balaban J connectivity index is 0.000000318. The van der Waals surface area contributed by atoms with Crippen LogP contribution in [0, 0.1) is 11.8 Å². The van der Waals surface area contributed by atoms with Crippen LogP contribution in [-0.4, -0.2) is 50.7 Å². The lowest BCUT2D eigenvalue weighted by molar-refractivity contribution is -0.124. The molecule has 1 aliphatic rings. The van der Waals surface area contributed by atoms with E-state index in [1.807, 2.05) is 13.8 Å². The summed E-state index contributed by atoms with van der Waals surface area (Å²) >= 11 is 0. The molecule has 17 heavy (non-hydrogen) atoms. The summed E-state index contributed by atoms with van der Waals surface area (Å²) in [4.78, 5) is 13.2. The summed E-state index contributed by atoms with van der Waals surface area (Å²) < 4.78 is 5.10. The van der Waals surface area contributed by atoms with Crippen LogP contribution in [0.2, 0.25) is 0 Å². The van der Waals surface area contributed by atoms with Gasteiger partial charge >= 0.3 is 0 Å². The Morgan fingerprint density at radius 1 is 1.24 bits per heavy atom. The molecule has 0 aromatic rings. The summed E-state index contributed by atoms with van der Waals surface area (Å²) in [6.45, 7) is 12.8. The normalized spacial score (nSPS) is 16.6. The van der Waals surface area contributed by atoms with Gasteiger partial charge < -0.3 is 15.0 Å². The van der Waals surface area contributed by atoms with Gasteiger partial charge in [-0.05, 0) is 13.0 Å². The highest BCUT2D eigenvalue weighted by atomic mass is 16.5. The number of hydrogen-bond acceptors (Lipinski definition) is 3. The van der Waals surface area contributed by atoms with Gasteiger partial charge in [0.25, 0.3) is 0 Å². The third-order valence-electron chi connectivity index (χ3n) is 2.44. The minimum absolute atomic E-state index is 0.110. The van der Waals surface area contributed by atoms with Gasteiger partial charge in [-0.25, -0.2) is 0 Å². The average Bonchev–Trinajstić information content (AvgIpc) is 2.27. The van der Waals surface area contributed by atoms with Crippen molar-refractivity contribution in [1.82, 2.24) is 10.2 Å². The lowest BCUT2D eigenvalue weighted by Gasteiger charge is -2.21. The van der Waals surface area contributed by atoms with E-state index in [4.69, 9.17) is 4.74 Å². The summed E-state index contributed by atoms with van der Waals surface area (Å²) in [5, 5.41) is 2.84. The maximum Gasteiger partial charge on any atom is 0.222 e. The highest BCUT2D eigenvalue weighted by Crippen LogP contribution is 1.93. The van der Waals surface area contributed by atoms with E-state index >= 15 is 0 Å². The van der Waals surface area contributed by atoms with E-state index in [0.717, 1.165) is 32.8 Å². The number of nitrogens with one attached hydrogen (secondary N) is 1. The molecule has 1 amide bonds. The lowest BCUT2D eigenvalue weighted by atomic mass is 10.2. The zero-order valence-corrected chi connectivity index (χ0v) is 12.0. The number of rotatable bonds is 3. The first-order valence-electron chi connectivity index (χ1n) is 6.47. The Morgan fingerprint density at radius 3 is 2.06 bits per heavy atom. The summed E-state index contributed by atoms with van der Waals surface area (Å²) in [5.74, 6) is 0.801. The Hall–Kier alpha value is -0.610. The molecule has 0 bridgehead atoms. The molecule has 0 saturated carbocycles. The molecular weight excluding hydrogens is 216 g/mol. The monoisotopic (exact) mass is 244 g/mol. The van der Waals surface area contributed by atoms with Crippen molar-refractivity contribution in [3.63, 3.8) is 0 Å². The van der Waals surface area contributed by atoms with Gasteiger partial charge in [0, 0.05) is 25.6 Å². The van der Waals surface area contributed by atoms with E-state index in [9.17, 15) is 4.79 Å². The van der Waals surface area contributed by atoms with Gasteiger partial charge in [-0.1, -0.05) is 27.7 Å². The van der Waals surface area contributed by atoms with Gasteiger partial charge in [-0.3, -0.25) is 4.79 Å². The molecule has 1 aliphatic heterocycles. The first kappa shape index (κ1) is 16.4. The Morgan fingerprint density at radius 2 is 1.76 bits per heavy atom. The van der Waals surface area contributed by atoms with Crippen LogP contribution in [0.5, 0.6) is 0 Å². The topological polar surface area (TPSA) is 41.6 Å². The van der Waals surface area contributed by atoms with Crippen molar-refractivity contribution in [2.24, 2.45) is 11.8 Å². The number of carbonyl (C=O) groups is 1. The third kappa shape index (κ3) is 10.3. The van der Waals surface area contributed by atoms with Crippen molar-refractivity contribution < 1.29 is 9.53 Å². The van der Waals surface area contributed by atoms with Crippen molar-refractivity contribution in [1.29, 1.82) is 0 Å². The maximum atomic E-state index is 10.9. The van der Waals surface area contributed by atoms with Gasteiger partial charge in [0.1, 0.15) is 0 Å². The van der Waals surface area contributed by atoms with Crippen LogP contribution in [-0.2, 0) is 9.53 Å². The molecule has 4 heteroatoms. The van der Waals surface area contributed by atoms with Crippen LogP contribution in [0.15, 0.2) is 0 Å². The van der Waals surface area contributed by atoms with Crippen molar-refractivity contribution in [2.75, 3.05) is 39.9 Å². The fourth-order valence-electron chi connectivity index (χ4n) is 1.16. The Bertz CT molecular complexity index is 200. The molecule has 1 rings (SSSR count). The second-order valence-electron chi connectivity index (χ2n) is 5.21. The summed E-state index contributed by atoms with van der Waals surface area (Å²) in [6.07, 6.45) is 0. The molecule has 102 valence electrons. The largest absolute Gasteiger partial charge is 0.379 e. The zero-order valence-electron chi connectivity index (χ0n) is 12.0. The van der Waals surface area contributed by atoms with Gasteiger partial charge in [0.2, 0.25) is 5.91 Å². The molecule has 0 spiro atoms. The first-order valence-corrected chi connectivity index (χ1v) is 6.47. The quantitative estimate of drug-likeness (QED) is 0.815. The molecule has 1 heterocycles. The predicted molar refractivity (Wildman–Crippen MR) is 71.0 cm³/mol. The van der Waals surface area contributed by atoms with Gasteiger partial charge in [-0.15, -0.1) is 0 Å². The van der Waals surface area contributed by atoms with Crippen molar-refractivity contribution in [2.45, 2.75) is 27.7 Å². The number of ether oxygens (including phenoxy) is 1. The highest BCUT2D eigenvalue weighted by Gasteiger charge is 2.05. The summed E-state index contributed by atoms with van der Waals surface area (Å²) in [6, 6.07) is 0. The number of morpholine rings is 1. The molecular formula is C13H28N2O2. The second-order valence-corrected chi connectivity index (χ2v) is 5.21. The smallest absolute Gasteiger partial charge is 0.222 e. The summed E-state index contributed by atoms with van der Waals surface area (Å²) in [7, 11) is 2.11. The predicted octanol–water partition coefficient (Wildman–Crippen LogP) is 1.36. The molecule has 0 unspecified atom stereocenters. The van der Waals surface area contributed by atoms with Crippen LogP contribution < -0.4 is 5.32 Å². The van der Waals surface area contributed by atoms with Crippen LogP contribution in [0.1, 0.15) is 27.7 Å². The Labute approximate surface area is 106 Å². The van der Waals surface area contributed by atoms with Gasteiger partial charge in [0.05, 0.1) is 13.2 Å². The number of carbonyl (C=O) groups excluding carboxylic acids is 1. The number of likely N-dealkylation sites (N-methyl/N-ethyl adjacent to an activating group) is 1. The lowest BCUT2D eigenvalue weighted by Crippen LogP contribution is -2.32. The number of amides is 1. The molecule has 4 nitrogen and oxygen atoms in total. The second kappa shape index (κ2) is 9.42. The number of hydrogen-bond donors (Lipinski definition) is 1. The highest BCUT2D eigenvalue weighted by molar-refractivity contribution is 5.77. The Kier molecular flexibility index (Phi) is 9.09. The van der Waals surface area contributed by atoms with Gasteiger partial charge in [-0.2, -0.15) is 0 Å². The van der Waals surface area contributed by atoms with E-state index in [1.54, 1.807) is 0 Å². The minimum Gasteiger partial charge on any atom is -0.379 e. The number of nitrogens with zero attached hydrogens (tertiary/aromatic N) is 1. The van der Waals surface area contributed by atoms with Crippen LogP contribution in [0.25, 0.3) is 0 Å². The standard InChI is InChI=1S/C8H17NO.C5H11NO/c1-6(2)5-9-8(10)7(3)4;1-6-2-4-7-5-3-6/h6-7H,5H2,1-4H3,(H,9,10);2-5H2,1H3. The van der Waals surface area contributed by atoms with E-state index in [0.29, 0.717) is 5.92 Å². The molecule has 0 aromatic carbocycles. The molecule has 0 radical (unpaired) electrons. The van der Waals surface area contributed by atoms with E-state index in [1.165, 1.54) is 0 Å². The fourth-order valence-corrected chi connectivity index (χ4v) is 1.16. The molecule has 1 fully saturated rings. The van der Waals surface area contributed by atoms with Crippen LogP contribution in [0.3, 0.4) is 0 Å². The van der Waals surface area contributed by atoms with Crippen molar-refractivity contribution >= 4 is 5.91 Å². The molecule has 0 aromatic heterocycles. The zero-order chi connectivity index (χ0) is 13.3. The van der Waals surface area contributed by atoms with Crippen molar-refractivity contribution in [3.8, 4) is 0 Å². The van der Waals surface area contributed by atoms with Crippen LogP contribution in [0.4, 0.5) is 0 Å². The molecule has 0 atom stereocenters. The maximum absolute atomic E-state index is 10.9. The van der Waals surface area contributed by atoms with Crippen molar-refractivity contribution in [3.05, 3.63) is 0 Å². The minimum atomic E-state index is 0.110. The summed E-state index contributed by atoms with van der Waals surface area (Å²) in [5.41, 5.74) is 0. The first-order chi connectivity index (χ1) is 7.93.